The van der Waals surface area contributed by atoms with Crippen molar-refractivity contribution in [3.05, 3.63) is 96.1 Å². The average Bonchev–Trinajstić information content (AvgIpc) is 3.22. The van der Waals surface area contributed by atoms with Crippen LogP contribution in [0.2, 0.25) is 0 Å². The number of allylic oxidation sites excluding steroid dienone is 2. The fourth-order valence-electron chi connectivity index (χ4n) is 5.14. The molecule has 1 aliphatic heterocycles. The van der Waals surface area contributed by atoms with Gasteiger partial charge in [0.15, 0.2) is 0 Å². The summed E-state index contributed by atoms with van der Waals surface area (Å²) in [5.41, 5.74) is 6.89. The van der Waals surface area contributed by atoms with E-state index in [2.05, 4.69) is 84.9 Å². The molecule has 0 radical (unpaired) electrons. The van der Waals surface area contributed by atoms with Gasteiger partial charge < -0.3 is 0 Å². The first kappa shape index (κ1) is 16.5. The maximum absolute atomic E-state index is 2.51. The zero-order valence-corrected chi connectivity index (χ0v) is 16.8. The third-order valence-corrected chi connectivity index (χ3v) is 9.35. The largest absolute Gasteiger partial charge is 0.0906 e. The zero-order valence-electron chi connectivity index (χ0n) is 15.9. The number of benzene rings is 4. The lowest BCUT2D eigenvalue weighted by atomic mass is 9.88. The summed E-state index contributed by atoms with van der Waals surface area (Å²) in [6.45, 7) is 0. The molecule has 0 spiro atoms. The van der Waals surface area contributed by atoms with Crippen LogP contribution in [-0.4, -0.2) is 5.66 Å². The predicted octanol–water partition coefficient (Wildman–Crippen LogP) is 7.87. The molecule has 0 amide bonds. The third kappa shape index (κ3) is 2.55. The Morgan fingerprint density at radius 2 is 1.21 bits per heavy atom. The highest BCUT2D eigenvalue weighted by atomic mass is 31.1. The van der Waals surface area contributed by atoms with Crippen LogP contribution in [0.1, 0.15) is 24.0 Å². The summed E-state index contributed by atoms with van der Waals surface area (Å²) in [5, 5.41) is 5.53. The second-order valence-electron chi connectivity index (χ2n) is 8.12. The van der Waals surface area contributed by atoms with E-state index in [0.29, 0.717) is 0 Å². The Hall–Kier alpha value is -2.43. The summed E-state index contributed by atoms with van der Waals surface area (Å²) in [6, 6.07) is 27.4. The van der Waals surface area contributed by atoms with Crippen LogP contribution in [-0.2, 0) is 12.3 Å². The highest BCUT2D eigenvalue weighted by Gasteiger charge is 2.28. The molecular weight excluding hydrogens is 355 g/mol. The first-order valence-electron chi connectivity index (χ1n) is 10.3. The van der Waals surface area contributed by atoms with E-state index in [-0.39, 0.29) is 7.92 Å². The van der Waals surface area contributed by atoms with E-state index in [0.717, 1.165) is 5.66 Å². The molecular formula is C27H23P. The van der Waals surface area contributed by atoms with Gasteiger partial charge in [-0.1, -0.05) is 92.9 Å². The highest BCUT2D eigenvalue weighted by Crippen LogP contribution is 2.57. The Kier molecular flexibility index (Phi) is 3.88. The molecule has 0 nitrogen and oxygen atoms in total. The van der Waals surface area contributed by atoms with Crippen LogP contribution in [0.3, 0.4) is 0 Å². The van der Waals surface area contributed by atoms with Crippen molar-refractivity contribution in [2.75, 3.05) is 0 Å². The van der Waals surface area contributed by atoms with Gasteiger partial charge in [0.2, 0.25) is 0 Å². The fourth-order valence-corrected chi connectivity index (χ4v) is 8.00. The minimum atomic E-state index is -0.0703. The van der Waals surface area contributed by atoms with Crippen LogP contribution in [0.15, 0.2) is 84.9 Å². The van der Waals surface area contributed by atoms with E-state index in [9.17, 15) is 0 Å². The van der Waals surface area contributed by atoms with Gasteiger partial charge in [-0.3, -0.25) is 0 Å². The molecule has 4 aromatic carbocycles. The lowest BCUT2D eigenvalue weighted by Gasteiger charge is -2.22. The molecule has 136 valence electrons. The van der Waals surface area contributed by atoms with Gasteiger partial charge in [0.1, 0.15) is 0 Å². The molecule has 0 saturated heterocycles. The lowest BCUT2D eigenvalue weighted by molar-refractivity contribution is 0.926. The molecule has 1 atom stereocenters. The molecule has 1 heteroatoms. The molecule has 1 aliphatic carbocycles. The Bertz CT molecular complexity index is 1150. The summed E-state index contributed by atoms with van der Waals surface area (Å²) in [6.07, 6.45) is 10.0. The van der Waals surface area contributed by atoms with Gasteiger partial charge in [0.05, 0.1) is 0 Å². The van der Waals surface area contributed by atoms with Gasteiger partial charge in [-0.2, -0.15) is 0 Å². The van der Waals surface area contributed by atoms with E-state index in [1.807, 2.05) is 0 Å². The van der Waals surface area contributed by atoms with Crippen molar-refractivity contribution in [1.82, 2.24) is 0 Å². The number of hydrogen-bond donors (Lipinski definition) is 0. The molecule has 0 fully saturated rings. The summed E-state index contributed by atoms with van der Waals surface area (Å²) in [4.78, 5) is 0. The van der Waals surface area contributed by atoms with Gasteiger partial charge in [0.25, 0.3) is 0 Å². The first-order valence-corrected chi connectivity index (χ1v) is 12.1. The molecule has 4 aromatic rings. The normalized spacial score (nSPS) is 18.9. The maximum Gasteiger partial charge on any atom is -0.00207 e. The Morgan fingerprint density at radius 3 is 1.75 bits per heavy atom. The van der Waals surface area contributed by atoms with Crippen LogP contribution < -0.4 is 0 Å². The van der Waals surface area contributed by atoms with Gasteiger partial charge in [-0.05, 0) is 74.6 Å². The van der Waals surface area contributed by atoms with Crippen LogP contribution >= 0.6 is 7.92 Å². The molecule has 0 saturated carbocycles. The monoisotopic (exact) mass is 378 g/mol. The quantitative estimate of drug-likeness (QED) is 0.233. The predicted molar refractivity (Wildman–Crippen MR) is 123 cm³/mol. The molecule has 0 unspecified atom stereocenters. The summed E-state index contributed by atoms with van der Waals surface area (Å²) in [7, 11) is -0.0703. The van der Waals surface area contributed by atoms with Crippen molar-refractivity contribution >= 4 is 29.5 Å². The number of hydrogen-bond acceptors (Lipinski definition) is 0. The van der Waals surface area contributed by atoms with Crippen LogP contribution in [0.4, 0.5) is 0 Å². The van der Waals surface area contributed by atoms with E-state index < -0.39 is 0 Å². The maximum atomic E-state index is 2.51. The average molecular weight is 378 g/mol. The molecule has 6 rings (SSSR count). The van der Waals surface area contributed by atoms with E-state index >= 15 is 0 Å². The van der Waals surface area contributed by atoms with Gasteiger partial charge in [-0.15, -0.1) is 0 Å². The lowest BCUT2D eigenvalue weighted by Crippen LogP contribution is -2.01. The van der Waals surface area contributed by atoms with Crippen LogP contribution in [0, 0.1) is 0 Å². The molecule has 0 N–H and O–H groups in total. The third-order valence-electron chi connectivity index (χ3n) is 6.48. The SMILES string of the molecule is C1=C[C@H](P2Cc3ccc4ccccc4c3-c3c(ccc4ccccc34)C2)CC1. The smallest absolute Gasteiger partial charge is 0.00207 e. The van der Waals surface area contributed by atoms with Gasteiger partial charge in [0, 0.05) is 0 Å². The van der Waals surface area contributed by atoms with E-state index in [1.54, 1.807) is 11.1 Å². The van der Waals surface area contributed by atoms with Gasteiger partial charge in [-0.25, -0.2) is 0 Å². The van der Waals surface area contributed by atoms with Crippen molar-refractivity contribution in [1.29, 1.82) is 0 Å². The zero-order chi connectivity index (χ0) is 18.5. The minimum absolute atomic E-state index is 0.0703. The molecule has 0 bridgehead atoms. The molecule has 0 aromatic heterocycles. The second-order valence-corrected chi connectivity index (χ2v) is 10.6. The van der Waals surface area contributed by atoms with Crippen molar-refractivity contribution < 1.29 is 0 Å². The van der Waals surface area contributed by atoms with Crippen molar-refractivity contribution in [2.24, 2.45) is 0 Å². The first-order chi connectivity index (χ1) is 13.9. The number of fused-ring (bicyclic) bond motifs is 7. The van der Waals surface area contributed by atoms with Crippen molar-refractivity contribution in [3.8, 4) is 11.1 Å². The molecule has 1 heterocycles. The Labute approximate surface area is 167 Å². The Balaban J connectivity index is 1.70. The van der Waals surface area contributed by atoms with Crippen molar-refractivity contribution in [2.45, 2.75) is 30.8 Å². The van der Waals surface area contributed by atoms with Crippen LogP contribution in [0.5, 0.6) is 0 Å². The summed E-state index contributed by atoms with van der Waals surface area (Å²) < 4.78 is 0. The highest BCUT2D eigenvalue weighted by molar-refractivity contribution is 7.57. The van der Waals surface area contributed by atoms with Gasteiger partial charge >= 0.3 is 0 Å². The second kappa shape index (κ2) is 6.57. The van der Waals surface area contributed by atoms with E-state index in [1.165, 1.54) is 57.8 Å². The summed E-state index contributed by atoms with van der Waals surface area (Å²) >= 11 is 0. The van der Waals surface area contributed by atoms with E-state index in [4.69, 9.17) is 0 Å². The minimum Gasteiger partial charge on any atom is -0.0906 e. The Morgan fingerprint density at radius 1 is 0.643 bits per heavy atom. The van der Waals surface area contributed by atoms with Crippen molar-refractivity contribution in [3.63, 3.8) is 0 Å². The summed E-state index contributed by atoms with van der Waals surface area (Å²) in [5.74, 6) is 0. The fraction of sp³-hybridized carbons (Fsp3) is 0.185. The number of rotatable bonds is 1. The standard InChI is InChI=1S/C27H23P/c1-5-11-24-19(7-1)13-15-21-17-28(23-9-3-4-10-23)18-22-16-14-20-8-2-6-12-25(20)27(22)26(21)24/h1-3,5-9,11-16,23H,4,10,17-18H2/t23-/m0/s1. The molecule has 28 heavy (non-hydrogen) atoms. The molecule has 2 aliphatic rings. The van der Waals surface area contributed by atoms with Crippen LogP contribution in [0.25, 0.3) is 32.7 Å². The topological polar surface area (TPSA) is 0 Å².